The number of amides is 1. The van der Waals surface area contributed by atoms with Crippen LogP contribution in [0.25, 0.3) is 0 Å². The van der Waals surface area contributed by atoms with Gasteiger partial charge in [0.25, 0.3) is 5.91 Å². The Bertz CT molecular complexity index is 1380. The van der Waals surface area contributed by atoms with Gasteiger partial charge in [-0.15, -0.1) is 5.06 Å². The summed E-state index contributed by atoms with van der Waals surface area (Å²) in [7, 11) is 0. The molecule has 3 aromatic carbocycles. The van der Waals surface area contributed by atoms with Crippen molar-refractivity contribution in [2.75, 3.05) is 26.2 Å². The monoisotopic (exact) mass is 472 g/mol. The first-order valence-corrected chi connectivity index (χ1v) is 10.9. The molecule has 0 spiro atoms. The van der Waals surface area contributed by atoms with Gasteiger partial charge in [0.15, 0.2) is 5.78 Å². The van der Waals surface area contributed by atoms with Gasteiger partial charge in [0.2, 0.25) is 5.78 Å². The lowest BCUT2D eigenvalue weighted by Crippen LogP contribution is -2.49. The predicted molar refractivity (Wildman–Crippen MR) is 122 cm³/mol. The summed E-state index contributed by atoms with van der Waals surface area (Å²) < 4.78 is 0. The minimum absolute atomic E-state index is 0.0142. The third kappa shape index (κ3) is 3.91. The normalized spacial score (nSPS) is 15.4. The number of hydrogen-bond donors (Lipinski definition) is 2. The van der Waals surface area contributed by atoms with Crippen LogP contribution in [-0.2, 0) is 4.84 Å². The van der Waals surface area contributed by atoms with E-state index >= 15 is 0 Å². The lowest BCUT2D eigenvalue weighted by Gasteiger charge is -2.33. The molecule has 1 amide bonds. The maximum absolute atomic E-state index is 13.1. The van der Waals surface area contributed by atoms with Gasteiger partial charge in [-0.2, -0.15) is 0 Å². The van der Waals surface area contributed by atoms with Gasteiger partial charge in [0.05, 0.1) is 29.8 Å². The first-order chi connectivity index (χ1) is 16.8. The molecule has 9 heteroatoms. The van der Waals surface area contributed by atoms with Crippen molar-refractivity contribution >= 4 is 23.4 Å². The van der Waals surface area contributed by atoms with E-state index in [1.54, 1.807) is 30.3 Å². The predicted octanol–water partition coefficient (Wildman–Crippen LogP) is 2.40. The molecule has 0 bridgehead atoms. The molecule has 1 aliphatic carbocycles. The Kier molecular flexibility index (Phi) is 5.54. The van der Waals surface area contributed by atoms with Crippen molar-refractivity contribution in [3.05, 3.63) is 94.0 Å². The van der Waals surface area contributed by atoms with Gasteiger partial charge in [-0.05, 0) is 30.3 Å². The van der Waals surface area contributed by atoms with E-state index in [1.807, 2.05) is 0 Å². The molecule has 5 rings (SSSR count). The van der Waals surface area contributed by atoms with Crippen LogP contribution < -0.4 is 0 Å². The second-order valence-electron chi connectivity index (χ2n) is 8.24. The van der Waals surface area contributed by atoms with E-state index in [1.165, 1.54) is 34.2 Å². The second-order valence-corrected chi connectivity index (χ2v) is 8.24. The SMILES string of the molecule is O=C(ON1CCN(C(=O)c2cc(O)c3c(c2)C(=O)c2cccc(O)c2C3=O)CC1)c1ccccc1. The number of benzene rings is 3. The molecule has 1 saturated heterocycles. The average molecular weight is 472 g/mol. The number of ketones is 2. The van der Waals surface area contributed by atoms with Crippen LogP contribution in [0.4, 0.5) is 0 Å². The van der Waals surface area contributed by atoms with E-state index < -0.39 is 29.2 Å². The first kappa shape index (κ1) is 22.3. The minimum Gasteiger partial charge on any atom is -0.507 e. The number of aromatic hydroxyl groups is 2. The molecule has 0 aromatic heterocycles. The molecule has 0 unspecified atom stereocenters. The molecule has 176 valence electrons. The van der Waals surface area contributed by atoms with Crippen LogP contribution in [0.1, 0.15) is 52.6 Å². The summed E-state index contributed by atoms with van der Waals surface area (Å²) in [4.78, 5) is 58.2. The fourth-order valence-electron chi connectivity index (χ4n) is 4.32. The zero-order chi connectivity index (χ0) is 24.7. The van der Waals surface area contributed by atoms with Crippen molar-refractivity contribution < 1.29 is 34.2 Å². The van der Waals surface area contributed by atoms with Gasteiger partial charge in [0.1, 0.15) is 11.5 Å². The van der Waals surface area contributed by atoms with Crippen LogP contribution in [-0.4, -0.2) is 69.8 Å². The van der Waals surface area contributed by atoms with Crippen molar-refractivity contribution in [2.45, 2.75) is 0 Å². The molecular weight excluding hydrogens is 452 g/mol. The standard InChI is InChI=1S/C26H20N2O7/c29-19-8-4-7-17-21(19)24(32)22-18(23(17)31)13-16(14-20(22)30)25(33)27-9-11-28(12-10-27)35-26(34)15-5-2-1-3-6-15/h1-8,13-14,29-30H,9-12H2. The third-order valence-corrected chi connectivity index (χ3v) is 6.10. The Balaban J connectivity index is 1.32. The highest BCUT2D eigenvalue weighted by Gasteiger charge is 2.35. The number of fused-ring (bicyclic) bond motifs is 2. The number of phenols is 2. The van der Waals surface area contributed by atoms with Crippen molar-refractivity contribution in [1.82, 2.24) is 9.96 Å². The van der Waals surface area contributed by atoms with Gasteiger partial charge in [-0.25, -0.2) is 4.79 Å². The Labute approximate surface area is 199 Å². The number of carbonyl (C=O) groups is 4. The van der Waals surface area contributed by atoms with Crippen molar-refractivity contribution in [1.29, 1.82) is 0 Å². The Hall–Kier alpha value is -4.50. The van der Waals surface area contributed by atoms with Crippen LogP contribution in [0.3, 0.4) is 0 Å². The fourth-order valence-corrected chi connectivity index (χ4v) is 4.32. The maximum atomic E-state index is 13.1. The van der Waals surface area contributed by atoms with Crippen molar-refractivity contribution in [3.8, 4) is 11.5 Å². The maximum Gasteiger partial charge on any atom is 0.357 e. The second kappa shape index (κ2) is 8.69. The number of rotatable bonds is 3. The lowest BCUT2D eigenvalue weighted by molar-refractivity contribution is -0.126. The molecule has 2 N–H and O–H groups in total. The third-order valence-electron chi connectivity index (χ3n) is 6.10. The summed E-state index contributed by atoms with van der Waals surface area (Å²) in [5, 5.41) is 22.1. The quantitative estimate of drug-likeness (QED) is 0.466. The summed E-state index contributed by atoms with van der Waals surface area (Å²) in [5.41, 5.74) is -0.00338. The number of nitrogens with zero attached hydrogens (tertiary/aromatic N) is 2. The largest absolute Gasteiger partial charge is 0.507 e. The lowest BCUT2D eigenvalue weighted by atomic mass is 9.82. The van der Waals surface area contributed by atoms with Gasteiger partial charge in [-0.3, -0.25) is 14.4 Å². The minimum atomic E-state index is -0.682. The molecule has 0 radical (unpaired) electrons. The summed E-state index contributed by atoms with van der Waals surface area (Å²) in [6, 6.07) is 15.2. The zero-order valence-electron chi connectivity index (χ0n) is 18.4. The summed E-state index contributed by atoms with van der Waals surface area (Å²) in [6.07, 6.45) is 0. The number of piperazine rings is 1. The van der Waals surface area contributed by atoms with Crippen LogP contribution in [0.5, 0.6) is 11.5 Å². The number of hydroxylamine groups is 2. The van der Waals surface area contributed by atoms with E-state index in [2.05, 4.69) is 0 Å². The number of hydrogen-bond acceptors (Lipinski definition) is 8. The molecule has 1 fully saturated rings. The Morgan fingerprint density at radius 1 is 0.714 bits per heavy atom. The first-order valence-electron chi connectivity index (χ1n) is 10.9. The fraction of sp³-hybridized carbons (Fsp3) is 0.154. The Morgan fingerprint density at radius 2 is 1.40 bits per heavy atom. The molecule has 9 nitrogen and oxygen atoms in total. The van der Waals surface area contributed by atoms with Crippen LogP contribution in [0.2, 0.25) is 0 Å². The molecule has 0 atom stereocenters. The summed E-state index contributed by atoms with van der Waals surface area (Å²) >= 11 is 0. The number of carbonyl (C=O) groups excluding carboxylic acids is 4. The van der Waals surface area contributed by atoms with Gasteiger partial charge >= 0.3 is 5.97 Å². The average Bonchev–Trinajstić information content (AvgIpc) is 2.87. The summed E-state index contributed by atoms with van der Waals surface area (Å²) in [6.45, 7) is 1.07. The molecular formula is C26H20N2O7. The van der Waals surface area contributed by atoms with Crippen LogP contribution in [0, 0.1) is 0 Å². The van der Waals surface area contributed by atoms with E-state index in [-0.39, 0.29) is 59.7 Å². The number of phenolic OH excluding ortho intramolecular Hbond substituents is 2. The van der Waals surface area contributed by atoms with Gasteiger partial charge in [-0.1, -0.05) is 30.3 Å². The van der Waals surface area contributed by atoms with Gasteiger partial charge < -0.3 is 20.0 Å². The van der Waals surface area contributed by atoms with Crippen LogP contribution in [0.15, 0.2) is 60.7 Å². The van der Waals surface area contributed by atoms with E-state index in [0.29, 0.717) is 5.56 Å². The molecule has 1 aliphatic heterocycles. The highest BCUT2D eigenvalue weighted by Crippen LogP contribution is 2.37. The summed E-state index contributed by atoms with van der Waals surface area (Å²) in [5.74, 6) is -3.02. The topological polar surface area (TPSA) is 124 Å². The smallest absolute Gasteiger partial charge is 0.357 e. The van der Waals surface area contributed by atoms with Crippen molar-refractivity contribution in [2.24, 2.45) is 0 Å². The molecule has 0 saturated carbocycles. The molecule has 2 aliphatic rings. The van der Waals surface area contributed by atoms with Gasteiger partial charge in [0, 0.05) is 29.8 Å². The van der Waals surface area contributed by atoms with E-state index in [0.717, 1.165) is 6.07 Å². The highest BCUT2D eigenvalue weighted by atomic mass is 16.7. The molecule has 35 heavy (non-hydrogen) atoms. The van der Waals surface area contributed by atoms with E-state index in [4.69, 9.17) is 4.84 Å². The molecule has 1 heterocycles. The van der Waals surface area contributed by atoms with E-state index in [9.17, 15) is 29.4 Å². The van der Waals surface area contributed by atoms with Crippen LogP contribution >= 0.6 is 0 Å². The Morgan fingerprint density at radius 3 is 2.11 bits per heavy atom. The molecule has 3 aromatic rings. The highest BCUT2D eigenvalue weighted by molar-refractivity contribution is 6.30. The zero-order valence-corrected chi connectivity index (χ0v) is 18.4. The van der Waals surface area contributed by atoms with Crippen molar-refractivity contribution in [3.63, 3.8) is 0 Å².